The lowest BCUT2D eigenvalue weighted by molar-refractivity contribution is 1.28. The van der Waals surface area contributed by atoms with Crippen molar-refractivity contribution in [3.8, 4) is 0 Å². The monoisotopic (exact) mass is 210 g/mol. The van der Waals surface area contributed by atoms with E-state index in [1.807, 2.05) is 36.4 Å². The van der Waals surface area contributed by atoms with Gasteiger partial charge in [-0.05, 0) is 24.3 Å². The molecule has 0 radical (unpaired) electrons. The zero-order chi connectivity index (χ0) is 10.8. The second-order valence-electron chi connectivity index (χ2n) is 3.46. The first-order valence-corrected chi connectivity index (χ1v) is 5.03. The Labute approximate surface area is 92.4 Å². The lowest BCUT2D eigenvalue weighted by Gasteiger charge is -2.00. The van der Waals surface area contributed by atoms with Gasteiger partial charge in [0.15, 0.2) is 0 Å². The highest BCUT2D eigenvalue weighted by Crippen LogP contribution is 2.16. The number of fused-ring (bicyclic) bond motifs is 1. The van der Waals surface area contributed by atoms with Gasteiger partial charge in [-0.3, -0.25) is 4.98 Å². The van der Waals surface area contributed by atoms with Gasteiger partial charge < -0.3 is 10.3 Å². The second kappa shape index (κ2) is 3.66. The number of anilines is 2. The van der Waals surface area contributed by atoms with Crippen LogP contribution in [0.2, 0.25) is 0 Å². The summed E-state index contributed by atoms with van der Waals surface area (Å²) in [6, 6.07) is 11.7. The Kier molecular flexibility index (Phi) is 2.04. The minimum atomic E-state index is 0.743. The highest BCUT2D eigenvalue weighted by Gasteiger charge is 2.00. The lowest BCUT2D eigenvalue weighted by Crippen LogP contribution is -1.91. The molecule has 0 aliphatic rings. The molecule has 0 saturated carbocycles. The molecule has 0 bridgehead atoms. The molecule has 0 fully saturated rings. The summed E-state index contributed by atoms with van der Waals surface area (Å²) in [7, 11) is 0. The third kappa shape index (κ3) is 1.61. The standard InChI is InChI=1S/C12H10N4/c1-2-4-11-10(3-1)15-12(16-11)14-9-5-7-13-8-6-9/h1-8H,(H2,13,14,15,16). The van der Waals surface area contributed by atoms with Crippen LogP contribution in [-0.4, -0.2) is 15.0 Å². The molecule has 1 aromatic carbocycles. The average Bonchev–Trinajstić information content (AvgIpc) is 2.72. The van der Waals surface area contributed by atoms with E-state index in [9.17, 15) is 0 Å². The van der Waals surface area contributed by atoms with Gasteiger partial charge in [0.05, 0.1) is 11.0 Å². The number of pyridine rings is 1. The van der Waals surface area contributed by atoms with Crippen molar-refractivity contribution >= 4 is 22.7 Å². The molecule has 0 aliphatic heterocycles. The third-order valence-corrected chi connectivity index (χ3v) is 2.33. The van der Waals surface area contributed by atoms with Gasteiger partial charge in [0.2, 0.25) is 5.95 Å². The fraction of sp³-hybridized carbons (Fsp3) is 0. The minimum Gasteiger partial charge on any atom is -0.326 e. The first-order valence-electron chi connectivity index (χ1n) is 5.03. The highest BCUT2D eigenvalue weighted by molar-refractivity contribution is 5.78. The van der Waals surface area contributed by atoms with Gasteiger partial charge in [-0.15, -0.1) is 0 Å². The number of aromatic amines is 1. The number of benzene rings is 1. The summed E-state index contributed by atoms with van der Waals surface area (Å²) in [5.41, 5.74) is 2.95. The van der Waals surface area contributed by atoms with Crippen LogP contribution in [0.15, 0.2) is 48.8 Å². The van der Waals surface area contributed by atoms with Crippen LogP contribution in [0.5, 0.6) is 0 Å². The molecule has 16 heavy (non-hydrogen) atoms. The predicted molar refractivity (Wildman–Crippen MR) is 63.6 cm³/mol. The Morgan fingerprint density at radius 3 is 2.62 bits per heavy atom. The molecule has 4 nitrogen and oxygen atoms in total. The van der Waals surface area contributed by atoms with Crippen LogP contribution in [0.25, 0.3) is 11.0 Å². The van der Waals surface area contributed by atoms with E-state index in [1.54, 1.807) is 12.4 Å². The maximum absolute atomic E-state index is 4.42. The second-order valence-corrected chi connectivity index (χ2v) is 3.46. The summed E-state index contributed by atoms with van der Waals surface area (Å²) in [6.07, 6.45) is 3.48. The lowest BCUT2D eigenvalue weighted by atomic mass is 10.3. The first kappa shape index (κ1) is 8.91. The Bertz CT molecular complexity index is 567. The summed E-state index contributed by atoms with van der Waals surface area (Å²) < 4.78 is 0. The summed E-state index contributed by atoms with van der Waals surface area (Å²) in [5, 5.41) is 3.19. The van der Waals surface area contributed by atoms with E-state index >= 15 is 0 Å². The smallest absolute Gasteiger partial charge is 0.205 e. The van der Waals surface area contributed by atoms with Crippen molar-refractivity contribution < 1.29 is 0 Å². The molecule has 3 aromatic rings. The Balaban J connectivity index is 1.95. The third-order valence-electron chi connectivity index (χ3n) is 2.33. The summed E-state index contributed by atoms with van der Waals surface area (Å²) in [5.74, 6) is 0.743. The summed E-state index contributed by atoms with van der Waals surface area (Å²) >= 11 is 0. The van der Waals surface area contributed by atoms with Gasteiger partial charge in [-0.2, -0.15) is 0 Å². The summed E-state index contributed by atoms with van der Waals surface area (Å²) in [6.45, 7) is 0. The van der Waals surface area contributed by atoms with Crippen LogP contribution in [0.1, 0.15) is 0 Å². The number of imidazole rings is 1. The predicted octanol–water partition coefficient (Wildman–Crippen LogP) is 2.70. The van der Waals surface area contributed by atoms with Crippen molar-refractivity contribution in [2.45, 2.75) is 0 Å². The van der Waals surface area contributed by atoms with Gasteiger partial charge in [-0.1, -0.05) is 12.1 Å². The Morgan fingerprint density at radius 2 is 1.81 bits per heavy atom. The maximum atomic E-state index is 4.42. The molecule has 0 spiro atoms. The molecule has 0 saturated heterocycles. The van der Waals surface area contributed by atoms with Crippen molar-refractivity contribution in [2.24, 2.45) is 0 Å². The number of nitrogens with one attached hydrogen (secondary N) is 2. The van der Waals surface area contributed by atoms with Gasteiger partial charge in [0, 0.05) is 18.1 Å². The largest absolute Gasteiger partial charge is 0.326 e. The summed E-state index contributed by atoms with van der Waals surface area (Å²) in [4.78, 5) is 11.6. The topological polar surface area (TPSA) is 53.6 Å². The van der Waals surface area contributed by atoms with Crippen molar-refractivity contribution in [3.63, 3.8) is 0 Å². The minimum absolute atomic E-state index is 0.743. The molecular weight excluding hydrogens is 200 g/mol. The molecular formula is C12H10N4. The Hall–Kier alpha value is -2.36. The van der Waals surface area contributed by atoms with Gasteiger partial charge >= 0.3 is 0 Å². The number of rotatable bonds is 2. The number of H-pyrrole nitrogens is 1. The zero-order valence-corrected chi connectivity index (χ0v) is 8.51. The molecule has 4 heteroatoms. The van der Waals surface area contributed by atoms with E-state index < -0.39 is 0 Å². The number of nitrogens with zero attached hydrogens (tertiary/aromatic N) is 2. The maximum Gasteiger partial charge on any atom is 0.205 e. The Morgan fingerprint density at radius 1 is 1.00 bits per heavy atom. The molecule has 78 valence electrons. The van der Waals surface area contributed by atoms with Gasteiger partial charge in [0.1, 0.15) is 0 Å². The van der Waals surface area contributed by atoms with Crippen LogP contribution in [0.3, 0.4) is 0 Å². The number of hydrogen-bond donors (Lipinski definition) is 2. The molecule has 2 heterocycles. The average molecular weight is 210 g/mol. The van der Waals surface area contributed by atoms with E-state index in [1.165, 1.54) is 0 Å². The molecule has 0 aliphatic carbocycles. The fourth-order valence-electron chi connectivity index (χ4n) is 1.58. The zero-order valence-electron chi connectivity index (χ0n) is 8.51. The van der Waals surface area contributed by atoms with E-state index in [0.29, 0.717) is 0 Å². The fourth-order valence-corrected chi connectivity index (χ4v) is 1.58. The van der Waals surface area contributed by atoms with Gasteiger partial charge in [0.25, 0.3) is 0 Å². The van der Waals surface area contributed by atoms with Gasteiger partial charge in [-0.25, -0.2) is 4.98 Å². The van der Waals surface area contributed by atoms with Crippen LogP contribution < -0.4 is 5.32 Å². The quantitative estimate of drug-likeness (QED) is 0.683. The molecule has 2 aromatic heterocycles. The molecule has 3 rings (SSSR count). The molecule has 0 amide bonds. The van der Waals surface area contributed by atoms with E-state index in [4.69, 9.17) is 0 Å². The molecule has 2 N–H and O–H groups in total. The molecule has 0 unspecified atom stereocenters. The number of para-hydroxylation sites is 2. The van der Waals surface area contributed by atoms with E-state index in [-0.39, 0.29) is 0 Å². The number of hydrogen-bond acceptors (Lipinski definition) is 3. The van der Waals surface area contributed by atoms with Crippen molar-refractivity contribution in [2.75, 3.05) is 5.32 Å². The number of aromatic nitrogens is 3. The van der Waals surface area contributed by atoms with Crippen LogP contribution in [0, 0.1) is 0 Å². The normalized spacial score (nSPS) is 10.5. The SMILES string of the molecule is c1ccc2[nH]c(Nc3ccncc3)nc2c1. The van der Waals surface area contributed by atoms with Crippen molar-refractivity contribution in [1.82, 2.24) is 15.0 Å². The first-order chi connectivity index (χ1) is 7.92. The van der Waals surface area contributed by atoms with Crippen LogP contribution >= 0.6 is 0 Å². The van der Waals surface area contributed by atoms with Crippen molar-refractivity contribution in [3.05, 3.63) is 48.8 Å². The molecule has 0 atom stereocenters. The van der Waals surface area contributed by atoms with E-state index in [0.717, 1.165) is 22.7 Å². The highest BCUT2D eigenvalue weighted by atomic mass is 15.1. The van der Waals surface area contributed by atoms with Crippen molar-refractivity contribution in [1.29, 1.82) is 0 Å². The van der Waals surface area contributed by atoms with E-state index in [2.05, 4.69) is 20.3 Å². The van der Waals surface area contributed by atoms with Crippen LogP contribution in [-0.2, 0) is 0 Å². The van der Waals surface area contributed by atoms with Crippen LogP contribution in [0.4, 0.5) is 11.6 Å².